The molecule has 0 aromatic heterocycles. The Balaban J connectivity index is 2.28. The van der Waals surface area contributed by atoms with Crippen LogP contribution in [0.2, 0.25) is 5.02 Å². The van der Waals surface area contributed by atoms with E-state index in [1.54, 1.807) is 30.3 Å². The van der Waals surface area contributed by atoms with Gasteiger partial charge in [-0.1, -0.05) is 29.8 Å². The third-order valence-corrected chi connectivity index (χ3v) is 4.58. The number of halogens is 1. The van der Waals surface area contributed by atoms with Gasteiger partial charge in [0.25, 0.3) is 5.69 Å². The molecule has 5 nitrogen and oxygen atoms in total. The topological polar surface area (TPSA) is 86.2 Å². The molecule has 1 atom stereocenters. The Bertz CT molecular complexity index is 671. The van der Waals surface area contributed by atoms with E-state index in [9.17, 15) is 14.3 Å². The minimum Gasteiger partial charge on any atom is -0.398 e. The zero-order valence-electron chi connectivity index (χ0n) is 10.3. The summed E-state index contributed by atoms with van der Waals surface area (Å²) in [5.74, 6) is 0.121. The highest BCUT2D eigenvalue weighted by molar-refractivity contribution is 7.84. The molecule has 0 saturated heterocycles. The zero-order chi connectivity index (χ0) is 14.7. The highest BCUT2D eigenvalue weighted by Crippen LogP contribution is 2.27. The molecule has 0 radical (unpaired) electrons. The van der Waals surface area contributed by atoms with Crippen molar-refractivity contribution in [3.63, 3.8) is 0 Å². The number of hydrogen-bond donors (Lipinski definition) is 1. The summed E-state index contributed by atoms with van der Waals surface area (Å²) in [6.45, 7) is 0. The largest absolute Gasteiger partial charge is 0.398 e. The monoisotopic (exact) mass is 310 g/mol. The lowest BCUT2D eigenvalue weighted by molar-refractivity contribution is -0.384. The highest BCUT2D eigenvalue weighted by Gasteiger charge is 2.14. The van der Waals surface area contributed by atoms with Crippen molar-refractivity contribution < 1.29 is 9.13 Å². The van der Waals surface area contributed by atoms with Crippen LogP contribution in [0.15, 0.2) is 47.4 Å². The first-order valence-electron chi connectivity index (χ1n) is 5.64. The number of benzene rings is 2. The summed E-state index contributed by atoms with van der Waals surface area (Å²) in [5, 5.41) is 11.0. The van der Waals surface area contributed by atoms with Crippen molar-refractivity contribution in [3.05, 3.63) is 63.2 Å². The first-order valence-corrected chi connectivity index (χ1v) is 7.34. The van der Waals surface area contributed by atoms with Crippen LogP contribution in [0.4, 0.5) is 11.4 Å². The molecule has 20 heavy (non-hydrogen) atoms. The van der Waals surface area contributed by atoms with Gasteiger partial charge in [0.05, 0.1) is 31.4 Å². The van der Waals surface area contributed by atoms with E-state index in [1.807, 2.05) is 0 Å². The summed E-state index contributed by atoms with van der Waals surface area (Å²) in [6.07, 6.45) is 0. The molecule has 0 aliphatic rings. The quantitative estimate of drug-likeness (QED) is 0.534. The second-order valence-corrected chi connectivity index (χ2v) is 5.87. The van der Waals surface area contributed by atoms with Crippen molar-refractivity contribution in [2.24, 2.45) is 0 Å². The van der Waals surface area contributed by atoms with Crippen LogP contribution in [0.5, 0.6) is 0 Å². The highest BCUT2D eigenvalue weighted by atomic mass is 35.5. The molecule has 7 heteroatoms. The Morgan fingerprint density at radius 1 is 1.25 bits per heavy atom. The van der Waals surface area contributed by atoms with Crippen LogP contribution in [0.3, 0.4) is 0 Å². The fourth-order valence-corrected chi connectivity index (χ4v) is 3.43. The van der Waals surface area contributed by atoms with Gasteiger partial charge in [0, 0.05) is 17.8 Å². The van der Waals surface area contributed by atoms with E-state index in [0.717, 1.165) is 0 Å². The molecule has 2 rings (SSSR count). The van der Waals surface area contributed by atoms with E-state index in [0.29, 0.717) is 21.2 Å². The maximum absolute atomic E-state index is 12.3. The Kier molecular flexibility index (Phi) is 4.36. The van der Waals surface area contributed by atoms with Gasteiger partial charge in [0.15, 0.2) is 0 Å². The SMILES string of the molecule is Nc1cccc(Cl)c1S(=O)Cc1cccc([N+](=O)[O-])c1. The summed E-state index contributed by atoms with van der Waals surface area (Å²) in [6, 6.07) is 10.9. The molecule has 0 fully saturated rings. The molecule has 0 spiro atoms. The minimum atomic E-state index is -1.46. The second-order valence-electron chi connectivity index (χ2n) is 4.08. The molecule has 0 saturated carbocycles. The van der Waals surface area contributed by atoms with Crippen LogP contribution in [-0.4, -0.2) is 9.13 Å². The lowest BCUT2D eigenvalue weighted by Crippen LogP contribution is -2.02. The van der Waals surface area contributed by atoms with Crippen LogP contribution in [-0.2, 0) is 16.6 Å². The van der Waals surface area contributed by atoms with E-state index < -0.39 is 15.7 Å². The fourth-order valence-electron chi connectivity index (χ4n) is 1.75. The Morgan fingerprint density at radius 2 is 1.95 bits per heavy atom. The van der Waals surface area contributed by atoms with Crippen molar-refractivity contribution in [2.45, 2.75) is 10.6 Å². The van der Waals surface area contributed by atoms with Gasteiger partial charge in [-0.3, -0.25) is 14.3 Å². The molecule has 0 heterocycles. The fraction of sp³-hybridized carbons (Fsp3) is 0.0769. The van der Waals surface area contributed by atoms with E-state index in [1.165, 1.54) is 12.1 Å². The maximum Gasteiger partial charge on any atom is 0.269 e. The molecule has 0 aliphatic heterocycles. The van der Waals surface area contributed by atoms with E-state index >= 15 is 0 Å². The van der Waals surface area contributed by atoms with Crippen LogP contribution < -0.4 is 5.73 Å². The summed E-state index contributed by atoms with van der Waals surface area (Å²) in [7, 11) is -1.46. The Labute approximate surface area is 123 Å². The number of rotatable bonds is 4. The van der Waals surface area contributed by atoms with Gasteiger partial charge in [-0.2, -0.15) is 0 Å². The van der Waals surface area contributed by atoms with Crippen molar-refractivity contribution in [1.82, 2.24) is 0 Å². The van der Waals surface area contributed by atoms with Crippen LogP contribution >= 0.6 is 11.6 Å². The first kappa shape index (κ1) is 14.5. The summed E-state index contributed by atoms with van der Waals surface area (Å²) < 4.78 is 12.3. The predicted octanol–water partition coefficient (Wildman–Crippen LogP) is 3.14. The van der Waals surface area contributed by atoms with Gasteiger partial charge in [0.2, 0.25) is 0 Å². The number of nitrogen functional groups attached to an aromatic ring is 1. The predicted molar refractivity (Wildman–Crippen MR) is 79.1 cm³/mol. The Hall–Kier alpha value is -1.92. The minimum absolute atomic E-state index is 0.0355. The molecule has 104 valence electrons. The average Bonchev–Trinajstić information content (AvgIpc) is 2.38. The third-order valence-electron chi connectivity index (χ3n) is 2.64. The van der Waals surface area contributed by atoms with Crippen LogP contribution in [0, 0.1) is 10.1 Å². The average molecular weight is 311 g/mol. The molecule has 0 aliphatic carbocycles. The van der Waals surface area contributed by atoms with Gasteiger partial charge in [-0.25, -0.2) is 0 Å². The summed E-state index contributed by atoms with van der Waals surface area (Å²) in [4.78, 5) is 10.6. The number of hydrogen-bond acceptors (Lipinski definition) is 4. The summed E-state index contributed by atoms with van der Waals surface area (Å²) in [5.41, 5.74) is 6.68. The molecular formula is C13H11ClN2O3S. The molecule has 0 amide bonds. The van der Waals surface area contributed by atoms with Gasteiger partial charge >= 0.3 is 0 Å². The van der Waals surface area contributed by atoms with Crippen molar-refractivity contribution in [2.75, 3.05) is 5.73 Å². The second kappa shape index (κ2) is 6.02. The molecule has 2 N–H and O–H groups in total. The number of nitro benzene ring substituents is 1. The first-order chi connectivity index (χ1) is 9.49. The molecule has 2 aromatic carbocycles. The third kappa shape index (κ3) is 3.15. The van der Waals surface area contributed by atoms with Crippen LogP contribution in [0.25, 0.3) is 0 Å². The smallest absolute Gasteiger partial charge is 0.269 e. The zero-order valence-corrected chi connectivity index (χ0v) is 11.9. The normalized spacial score (nSPS) is 12.1. The van der Waals surface area contributed by atoms with Gasteiger partial charge < -0.3 is 5.73 Å². The van der Waals surface area contributed by atoms with Gasteiger partial charge in [0.1, 0.15) is 0 Å². The molecule has 1 unspecified atom stereocenters. The van der Waals surface area contributed by atoms with Crippen molar-refractivity contribution in [1.29, 1.82) is 0 Å². The number of anilines is 1. The van der Waals surface area contributed by atoms with E-state index in [4.69, 9.17) is 17.3 Å². The van der Waals surface area contributed by atoms with Crippen molar-refractivity contribution in [3.8, 4) is 0 Å². The standard InChI is InChI=1S/C13H11ClN2O3S/c14-11-5-2-6-12(15)13(11)20(19)8-9-3-1-4-10(7-9)16(17)18/h1-7H,8,15H2. The number of nitro groups is 1. The van der Waals surface area contributed by atoms with Gasteiger partial charge in [-0.15, -0.1) is 0 Å². The van der Waals surface area contributed by atoms with E-state index in [2.05, 4.69) is 0 Å². The number of nitrogens with zero attached hydrogens (tertiary/aromatic N) is 1. The maximum atomic E-state index is 12.3. The molecule has 2 aromatic rings. The van der Waals surface area contributed by atoms with Gasteiger partial charge in [-0.05, 0) is 17.7 Å². The van der Waals surface area contributed by atoms with Crippen molar-refractivity contribution >= 4 is 33.8 Å². The molecular weight excluding hydrogens is 300 g/mol. The molecule has 0 bridgehead atoms. The summed E-state index contributed by atoms with van der Waals surface area (Å²) >= 11 is 5.99. The number of non-ortho nitro benzene ring substituents is 1. The number of nitrogens with two attached hydrogens (primary N) is 1. The lowest BCUT2D eigenvalue weighted by Gasteiger charge is -2.07. The Morgan fingerprint density at radius 3 is 2.60 bits per heavy atom. The van der Waals surface area contributed by atoms with Crippen LogP contribution in [0.1, 0.15) is 5.56 Å². The van der Waals surface area contributed by atoms with E-state index in [-0.39, 0.29) is 11.4 Å². The lowest BCUT2D eigenvalue weighted by atomic mass is 10.2.